The van der Waals surface area contributed by atoms with Crippen LogP contribution in [0.5, 0.6) is 23.0 Å². The minimum atomic E-state index is -0.00959. The number of nitrogens with one attached hydrogen (secondary N) is 1. The van der Waals surface area contributed by atoms with Crippen molar-refractivity contribution in [3.8, 4) is 45.4 Å². The highest BCUT2D eigenvalue weighted by molar-refractivity contribution is 5.86. The van der Waals surface area contributed by atoms with Gasteiger partial charge in [0.2, 0.25) is 6.79 Å². The molecule has 0 bridgehead atoms. The van der Waals surface area contributed by atoms with E-state index in [0.717, 1.165) is 35.4 Å². The number of hydrogen-bond donors (Lipinski definition) is 3. The number of fused-ring (bicyclic) bond motifs is 1. The number of aryl methyl sites for hydroxylation is 2. The Balaban J connectivity index is 1.91. The van der Waals surface area contributed by atoms with Gasteiger partial charge in [-0.05, 0) is 42.7 Å². The van der Waals surface area contributed by atoms with Gasteiger partial charge in [0.15, 0.2) is 11.5 Å². The second kappa shape index (κ2) is 6.29. The first kappa shape index (κ1) is 16.3. The van der Waals surface area contributed by atoms with Crippen LogP contribution in [0.25, 0.3) is 22.4 Å². The predicted molar refractivity (Wildman–Crippen MR) is 97.6 cm³/mol. The molecule has 2 heterocycles. The number of ether oxygens (including phenoxy) is 2. The van der Waals surface area contributed by atoms with Crippen LogP contribution in [0.2, 0.25) is 0 Å². The molecule has 3 N–H and O–H groups in total. The Morgan fingerprint density at radius 2 is 1.88 bits per heavy atom. The zero-order valence-electron chi connectivity index (χ0n) is 14.7. The van der Waals surface area contributed by atoms with Gasteiger partial charge in [0.1, 0.15) is 17.2 Å². The fourth-order valence-electron chi connectivity index (χ4n) is 3.24. The molecule has 0 saturated carbocycles. The van der Waals surface area contributed by atoms with E-state index in [1.165, 1.54) is 6.07 Å². The maximum Gasteiger partial charge on any atom is 0.231 e. The van der Waals surface area contributed by atoms with Crippen LogP contribution in [0.3, 0.4) is 0 Å². The van der Waals surface area contributed by atoms with Gasteiger partial charge in [-0.15, -0.1) is 0 Å². The smallest absolute Gasteiger partial charge is 0.231 e. The average Bonchev–Trinajstić information content (AvgIpc) is 3.24. The van der Waals surface area contributed by atoms with Crippen molar-refractivity contribution in [1.82, 2.24) is 10.2 Å². The van der Waals surface area contributed by atoms with Gasteiger partial charge in [-0.3, -0.25) is 5.10 Å². The molecule has 6 heteroatoms. The van der Waals surface area contributed by atoms with Crippen molar-refractivity contribution in [3.63, 3.8) is 0 Å². The number of aromatic hydroxyl groups is 2. The fourth-order valence-corrected chi connectivity index (χ4v) is 3.24. The summed E-state index contributed by atoms with van der Waals surface area (Å²) < 4.78 is 10.9. The lowest BCUT2D eigenvalue weighted by atomic mass is 9.95. The van der Waals surface area contributed by atoms with E-state index >= 15 is 0 Å². The van der Waals surface area contributed by atoms with Crippen LogP contribution in [0.4, 0.5) is 0 Å². The van der Waals surface area contributed by atoms with E-state index in [1.807, 2.05) is 18.2 Å². The zero-order chi connectivity index (χ0) is 18.3. The molecule has 0 radical (unpaired) electrons. The van der Waals surface area contributed by atoms with Crippen molar-refractivity contribution < 1.29 is 19.7 Å². The molecule has 0 spiro atoms. The Kier molecular flexibility index (Phi) is 3.95. The monoisotopic (exact) mass is 352 g/mol. The standard InChI is InChI=1S/C20H20N2O4/c1-3-4-14-19(12-5-6-17-18(8-12)26-10-25-17)20(22-21-14)13-7-11(2)15(23)9-16(13)24/h5-9,23-24H,3-4,10H2,1-2H3,(H,21,22). The van der Waals surface area contributed by atoms with Crippen molar-refractivity contribution in [2.75, 3.05) is 6.79 Å². The summed E-state index contributed by atoms with van der Waals surface area (Å²) in [5.41, 5.74) is 4.75. The fraction of sp³-hybridized carbons (Fsp3) is 0.250. The number of phenolic OH excluding ortho intramolecular Hbond substituents is 2. The molecule has 1 aromatic heterocycles. The molecule has 1 aliphatic heterocycles. The van der Waals surface area contributed by atoms with E-state index in [4.69, 9.17) is 9.47 Å². The van der Waals surface area contributed by atoms with Crippen LogP contribution in [-0.2, 0) is 6.42 Å². The summed E-state index contributed by atoms with van der Waals surface area (Å²) in [6, 6.07) is 8.87. The Labute approximate surface area is 151 Å². The van der Waals surface area contributed by atoms with Crippen molar-refractivity contribution in [2.24, 2.45) is 0 Å². The number of phenols is 2. The maximum atomic E-state index is 10.4. The van der Waals surface area contributed by atoms with Gasteiger partial charge >= 0.3 is 0 Å². The Bertz CT molecular complexity index is 978. The molecule has 26 heavy (non-hydrogen) atoms. The number of aromatic nitrogens is 2. The third-order valence-electron chi connectivity index (χ3n) is 4.57. The Hall–Kier alpha value is -3.15. The van der Waals surface area contributed by atoms with Gasteiger partial charge in [-0.1, -0.05) is 19.4 Å². The Morgan fingerprint density at radius 1 is 1.08 bits per heavy atom. The average molecular weight is 352 g/mol. The van der Waals surface area contributed by atoms with Crippen LogP contribution in [0, 0.1) is 6.92 Å². The SMILES string of the molecule is CCCc1[nH]nc(-c2cc(C)c(O)cc2O)c1-c1ccc2c(c1)OCO2. The summed E-state index contributed by atoms with van der Waals surface area (Å²) in [6.07, 6.45) is 1.79. The maximum absolute atomic E-state index is 10.4. The molecule has 134 valence electrons. The van der Waals surface area contributed by atoms with Crippen molar-refractivity contribution in [3.05, 3.63) is 41.6 Å². The van der Waals surface area contributed by atoms with Crippen molar-refractivity contribution in [1.29, 1.82) is 0 Å². The molecular weight excluding hydrogens is 332 g/mol. The third-order valence-corrected chi connectivity index (χ3v) is 4.57. The van der Waals surface area contributed by atoms with Gasteiger partial charge in [0.05, 0.1) is 0 Å². The van der Waals surface area contributed by atoms with E-state index in [0.29, 0.717) is 22.6 Å². The lowest BCUT2D eigenvalue weighted by molar-refractivity contribution is 0.174. The lowest BCUT2D eigenvalue weighted by Crippen LogP contribution is -1.93. The number of nitrogens with zero attached hydrogens (tertiary/aromatic N) is 1. The van der Waals surface area contributed by atoms with Gasteiger partial charge in [-0.25, -0.2) is 0 Å². The quantitative estimate of drug-likeness (QED) is 0.657. The number of aromatic amines is 1. The summed E-state index contributed by atoms with van der Waals surface area (Å²) in [7, 11) is 0. The van der Waals surface area contributed by atoms with E-state index in [9.17, 15) is 10.2 Å². The summed E-state index contributed by atoms with van der Waals surface area (Å²) in [5.74, 6) is 1.47. The first-order valence-electron chi connectivity index (χ1n) is 8.58. The molecule has 4 rings (SSSR count). The predicted octanol–water partition coefficient (Wildman–Crippen LogP) is 4.14. The van der Waals surface area contributed by atoms with Crippen molar-refractivity contribution in [2.45, 2.75) is 26.7 Å². The van der Waals surface area contributed by atoms with Crippen LogP contribution in [0.15, 0.2) is 30.3 Å². The second-order valence-corrected chi connectivity index (χ2v) is 6.40. The number of rotatable bonds is 4. The van der Waals surface area contributed by atoms with Crippen LogP contribution in [-0.4, -0.2) is 27.2 Å². The summed E-state index contributed by atoms with van der Waals surface area (Å²) in [6.45, 7) is 4.11. The first-order chi connectivity index (χ1) is 12.6. The van der Waals surface area contributed by atoms with Gasteiger partial charge in [0, 0.05) is 22.9 Å². The minimum absolute atomic E-state index is 0.00959. The number of H-pyrrole nitrogens is 1. The van der Waals surface area contributed by atoms with Crippen molar-refractivity contribution >= 4 is 0 Å². The highest BCUT2D eigenvalue weighted by atomic mass is 16.7. The van der Waals surface area contributed by atoms with Crippen LogP contribution in [0.1, 0.15) is 24.6 Å². The zero-order valence-corrected chi connectivity index (χ0v) is 14.7. The van der Waals surface area contributed by atoms with Gasteiger partial charge in [0.25, 0.3) is 0 Å². The largest absolute Gasteiger partial charge is 0.508 e. The molecule has 6 nitrogen and oxygen atoms in total. The first-order valence-corrected chi connectivity index (χ1v) is 8.58. The topological polar surface area (TPSA) is 87.6 Å². The third kappa shape index (κ3) is 2.63. The Morgan fingerprint density at radius 3 is 2.69 bits per heavy atom. The molecule has 0 amide bonds. The molecule has 0 atom stereocenters. The second-order valence-electron chi connectivity index (χ2n) is 6.40. The molecular formula is C20H20N2O4. The summed E-state index contributed by atoms with van der Waals surface area (Å²) in [5, 5.41) is 27.8. The number of benzene rings is 2. The van der Waals surface area contributed by atoms with Gasteiger partial charge < -0.3 is 19.7 Å². The molecule has 0 saturated heterocycles. The van der Waals surface area contributed by atoms with Gasteiger partial charge in [-0.2, -0.15) is 5.10 Å². The lowest BCUT2D eigenvalue weighted by Gasteiger charge is -2.10. The molecule has 1 aliphatic rings. The minimum Gasteiger partial charge on any atom is -0.508 e. The molecule has 2 aromatic carbocycles. The molecule has 0 unspecified atom stereocenters. The molecule has 0 fully saturated rings. The van der Waals surface area contributed by atoms with E-state index in [-0.39, 0.29) is 18.3 Å². The summed E-state index contributed by atoms with van der Waals surface area (Å²) >= 11 is 0. The van der Waals surface area contributed by atoms with E-state index in [1.54, 1.807) is 13.0 Å². The van der Waals surface area contributed by atoms with E-state index < -0.39 is 0 Å². The normalized spacial score (nSPS) is 12.5. The van der Waals surface area contributed by atoms with Crippen LogP contribution < -0.4 is 9.47 Å². The highest BCUT2D eigenvalue weighted by Gasteiger charge is 2.22. The number of hydrogen-bond acceptors (Lipinski definition) is 5. The molecule has 0 aliphatic carbocycles. The van der Waals surface area contributed by atoms with Crippen LogP contribution >= 0.6 is 0 Å². The summed E-state index contributed by atoms with van der Waals surface area (Å²) in [4.78, 5) is 0. The highest BCUT2D eigenvalue weighted by Crippen LogP contribution is 2.43. The van der Waals surface area contributed by atoms with E-state index in [2.05, 4.69) is 17.1 Å². The molecule has 3 aromatic rings.